The van der Waals surface area contributed by atoms with Gasteiger partial charge in [-0.25, -0.2) is 0 Å². The summed E-state index contributed by atoms with van der Waals surface area (Å²) < 4.78 is 0. The zero-order chi connectivity index (χ0) is 16.4. The Kier molecular flexibility index (Phi) is 4.87. The summed E-state index contributed by atoms with van der Waals surface area (Å²) in [7, 11) is 2.06. The molecule has 2 fully saturated rings. The third-order valence-corrected chi connectivity index (χ3v) is 5.10. The molecule has 2 aliphatic heterocycles. The van der Waals surface area contributed by atoms with Crippen LogP contribution in [-0.4, -0.2) is 65.8 Å². The number of amides is 2. The van der Waals surface area contributed by atoms with E-state index in [0.29, 0.717) is 24.4 Å². The number of halogens is 1. The van der Waals surface area contributed by atoms with Crippen LogP contribution in [0.3, 0.4) is 0 Å². The van der Waals surface area contributed by atoms with E-state index in [1.54, 1.807) is 4.90 Å². The second-order valence-corrected chi connectivity index (χ2v) is 6.70. The first kappa shape index (κ1) is 16.3. The first-order valence-corrected chi connectivity index (χ1v) is 8.44. The van der Waals surface area contributed by atoms with Crippen molar-refractivity contribution in [2.75, 3.05) is 33.2 Å². The molecule has 0 bridgehead atoms. The zero-order valence-corrected chi connectivity index (χ0v) is 14.1. The summed E-state index contributed by atoms with van der Waals surface area (Å²) in [6.45, 7) is 3.65. The predicted molar refractivity (Wildman–Crippen MR) is 89.1 cm³/mol. The Morgan fingerprint density at radius 1 is 1.22 bits per heavy atom. The van der Waals surface area contributed by atoms with Crippen molar-refractivity contribution in [3.63, 3.8) is 0 Å². The van der Waals surface area contributed by atoms with Gasteiger partial charge in [-0.2, -0.15) is 0 Å². The average molecular weight is 336 g/mol. The van der Waals surface area contributed by atoms with Crippen molar-refractivity contribution < 1.29 is 9.59 Å². The Bertz CT molecular complexity index is 599. The third-order valence-electron chi connectivity index (χ3n) is 4.73. The fraction of sp³-hybridized carbons (Fsp3) is 0.529. The summed E-state index contributed by atoms with van der Waals surface area (Å²) in [6.07, 6.45) is 1.04. The first-order chi connectivity index (χ1) is 11.1. The fourth-order valence-electron chi connectivity index (χ4n) is 3.24. The van der Waals surface area contributed by atoms with Crippen LogP contribution in [0.2, 0.25) is 5.02 Å². The molecule has 1 atom stereocenters. The van der Waals surface area contributed by atoms with E-state index in [9.17, 15) is 9.59 Å². The van der Waals surface area contributed by atoms with E-state index in [0.717, 1.165) is 31.7 Å². The summed E-state index contributed by atoms with van der Waals surface area (Å²) in [5.74, 6) is 0.119. The van der Waals surface area contributed by atoms with E-state index in [1.807, 2.05) is 29.2 Å². The highest BCUT2D eigenvalue weighted by molar-refractivity contribution is 6.31. The summed E-state index contributed by atoms with van der Waals surface area (Å²) in [4.78, 5) is 30.9. The molecular formula is C17H22ClN3O2. The number of nitrogens with zero attached hydrogens (tertiary/aromatic N) is 3. The van der Waals surface area contributed by atoms with Crippen LogP contribution in [0.1, 0.15) is 18.4 Å². The number of hydrogen-bond acceptors (Lipinski definition) is 3. The molecule has 2 aliphatic rings. The van der Waals surface area contributed by atoms with Crippen LogP contribution in [-0.2, 0) is 16.1 Å². The van der Waals surface area contributed by atoms with Gasteiger partial charge in [-0.1, -0.05) is 29.8 Å². The molecule has 124 valence electrons. The van der Waals surface area contributed by atoms with E-state index in [-0.39, 0.29) is 17.9 Å². The number of carbonyl (C=O) groups excluding carboxylic acids is 2. The summed E-state index contributed by atoms with van der Waals surface area (Å²) in [5.41, 5.74) is 0.889. The van der Waals surface area contributed by atoms with Gasteiger partial charge in [0.25, 0.3) is 0 Å². The van der Waals surface area contributed by atoms with Gasteiger partial charge in [0.15, 0.2) is 0 Å². The second kappa shape index (κ2) is 6.89. The highest BCUT2D eigenvalue weighted by Crippen LogP contribution is 2.26. The Hall–Kier alpha value is -1.59. The number of carbonyl (C=O) groups is 2. The van der Waals surface area contributed by atoms with Crippen LogP contribution in [0.15, 0.2) is 24.3 Å². The molecule has 0 aromatic heterocycles. The number of rotatable bonds is 3. The minimum absolute atomic E-state index is 0.0393. The van der Waals surface area contributed by atoms with Gasteiger partial charge in [0.1, 0.15) is 6.04 Å². The predicted octanol–water partition coefficient (Wildman–Crippen LogP) is 1.60. The summed E-state index contributed by atoms with van der Waals surface area (Å²) in [5, 5.41) is 0.637. The van der Waals surface area contributed by atoms with Gasteiger partial charge >= 0.3 is 0 Å². The highest BCUT2D eigenvalue weighted by Gasteiger charge is 2.38. The molecule has 0 spiro atoms. The van der Waals surface area contributed by atoms with Gasteiger partial charge in [0.05, 0.1) is 0 Å². The summed E-state index contributed by atoms with van der Waals surface area (Å²) >= 11 is 6.20. The van der Waals surface area contributed by atoms with Gasteiger partial charge in [0, 0.05) is 44.2 Å². The highest BCUT2D eigenvalue weighted by atomic mass is 35.5. The lowest BCUT2D eigenvalue weighted by molar-refractivity contribution is -0.142. The quantitative estimate of drug-likeness (QED) is 0.843. The maximum atomic E-state index is 12.8. The molecule has 1 aromatic carbocycles. The van der Waals surface area contributed by atoms with Crippen molar-refractivity contribution in [3.8, 4) is 0 Å². The van der Waals surface area contributed by atoms with Gasteiger partial charge in [0.2, 0.25) is 11.8 Å². The normalized spacial score (nSPS) is 22.7. The van der Waals surface area contributed by atoms with Gasteiger partial charge < -0.3 is 14.7 Å². The van der Waals surface area contributed by atoms with Crippen LogP contribution >= 0.6 is 11.6 Å². The average Bonchev–Trinajstić information content (AvgIpc) is 2.91. The lowest BCUT2D eigenvalue weighted by Crippen LogP contribution is -2.53. The monoisotopic (exact) mass is 335 g/mol. The minimum atomic E-state index is -0.345. The largest absolute Gasteiger partial charge is 0.338 e. The van der Waals surface area contributed by atoms with E-state index >= 15 is 0 Å². The number of piperazine rings is 1. The lowest BCUT2D eigenvalue weighted by Gasteiger charge is -2.36. The van der Waals surface area contributed by atoms with Crippen molar-refractivity contribution >= 4 is 23.4 Å². The first-order valence-electron chi connectivity index (χ1n) is 8.06. The number of likely N-dealkylation sites (tertiary alicyclic amines) is 1. The molecule has 5 nitrogen and oxygen atoms in total. The molecule has 6 heteroatoms. The molecule has 0 N–H and O–H groups in total. The number of benzene rings is 1. The van der Waals surface area contributed by atoms with Crippen molar-refractivity contribution in [2.45, 2.75) is 25.4 Å². The van der Waals surface area contributed by atoms with E-state index in [1.165, 1.54) is 0 Å². The molecular weight excluding hydrogens is 314 g/mol. The SMILES string of the molecule is CN1CCN(C(=O)C2CCC(=O)N2Cc2ccccc2Cl)CC1. The van der Waals surface area contributed by atoms with Crippen LogP contribution in [0.5, 0.6) is 0 Å². The summed E-state index contributed by atoms with van der Waals surface area (Å²) in [6, 6.07) is 7.14. The van der Waals surface area contributed by atoms with Crippen molar-refractivity contribution in [3.05, 3.63) is 34.9 Å². The Morgan fingerprint density at radius 3 is 2.61 bits per heavy atom. The van der Waals surface area contributed by atoms with E-state index < -0.39 is 0 Å². The molecule has 2 saturated heterocycles. The van der Waals surface area contributed by atoms with Crippen molar-refractivity contribution in [1.29, 1.82) is 0 Å². The smallest absolute Gasteiger partial charge is 0.245 e. The van der Waals surface area contributed by atoms with Gasteiger partial charge in [-0.3, -0.25) is 9.59 Å². The molecule has 1 aromatic rings. The van der Waals surface area contributed by atoms with Crippen LogP contribution in [0, 0.1) is 0 Å². The molecule has 23 heavy (non-hydrogen) atoms. The van der Waals surface area contributed by atoms with Crippen molar-refractivity contribution in [2.24, 2.45) is 0 Å². The second-order valence-electron chi connectivity index (χ2n) is 6.30. The molecule has 3 rings (SSSR count). The van der Waals surface area contributed by atoms with Crippen LogP contribution in [0.4, 0.5) is 0 Å². The molecule has 1 unspecified atom stereocenters. The number of hydrogen-bond donors (Lipinski definition) is 0. The zero-order valence-electron chi connectivity index (χ0n) is 13.4. The maximum absolute atomic E-state index is 12.8. The third kappa shape index (κ3) is 3.51. The lowest BCUT2D eigenvalue weighted by atomic mass is 10.1. The fourth-order valence-corrected chi connectivity index (χ4v) is 3.43. The number of likely N-dealkylation sites (N-methyl/N-ethyl adjacent to an activating group) is 1. The maximum Gasteiger partial charge on any atom is 0.245 e. The standard InChI is InChI=1S/C17H22ClN3O2/c1-19-8-10-20(11-9-19)17(23)15-6-7-16(22)21(15)12-13-4-2-3-5-14(13)18/h2-5,15H,6-12H2,1H3. The van der Waals surface area contributed by atoms with Gasteiger partial charge in [-0.05, 0) is 25.1 Å². The van der Waals surface area contributed by atoms with Crippen LogP contribution in [0.25, 0.3) is 0 Å². The molecule has 2 heterocycles. The molecule has 0 saturated carbocycles. The molecule has 2 amide bonds. The topological polar surface area (TPSA) is 43.9 Å². The molecule has 0 aliphatic carbocycles. The Morgan fingerprint density at radius 2 is 1.91 bits per heavy atom. The Labute approximate surface area is 141 Å². The van der Waals surface area contributed by atoms with Gasteiger partial charge in [-0.15, -0.1) is 0 Å². The Balaban J connectivity index is 1.72. The van der Waals surface area contributed by atoms with E-state index in [2.05, 4.69) is 11.9 Å². The van der Waals surface area contributed by atoms with Crippen molar-refractivity contribution in [1.82, 2.24) is 14.7 Å². The van der Waals surface area contributed by atoms with E-state index in [4.69, 9.17) is 11.6 Å². The van der Waals surface area contributed by atoms with Crippen LogP contribution < -0.4 is 0 Å². The molecule has 0 radical (unpaired) electrons. The minimum Gasteiger partial charge on any atom is -0.338 e.